The molecule has 5 atom stereocenters. The van der Waals surface area contributed by atoms with Crippen molar-refractivity contribution in [3.05, 3.63) is 131 Å². The average Bonchev–Trinajstić information content (AvgIpc) is 3.18. The summed E-state index contributed by atoms with van der Waals surface area (Å²) in [6.45, 7) is 14.6. The number of azide groups is 1. The average molecular weight is 810 g/mol. The van der Waals surface area contributed by atoms with Crippen molar-refractivity contribution in [2.24, 2.45) is 5.11 Å². The second-order valence-corrected chi connectivity index (χ2v) is 21.9. The molecule has 1 aliphatic rings. The molecule has 12 heteroatoms. The molecular weight excluding hydrogens is 755 g/mol. The van der Waals surface area contributed by atoms with Gasteiger partial charge in [0.15, 0.2) is 6.10 Å². The zero-order valence-electron chi connectivity index (χ0n) is 34.2. The Bertz CT molecular complexity index is 1940. The molecule has 0 N–H and O–H groups in total. The fraction of sp³-hybridized carbons (Fsp3) is 0.422. The first-order valence-corrected chi connectivity index (χ1v) is 22.1. The van der Waals surface area contributed by atoms with E-state index in [9.17, 15) is 15.1 Å². The standard InChI is InChI=1S/C45H55N3O7SSi/c1-31(49)22-27-39(50)55-41-38(30-53-57(45(5,6)7,36-18-11-9-12-19-36)37-20-13-10-14-21-37)54-43(56-35-17-15-16-33(28-35)44(2,3)4)40(47-48-46)42(41)52-29-32-23-25-34(51-8)26-24-32/h9-21,23-26,28,38,40-43H,22,27,29-30H2,1-8H3/t38-,40-,41-,42-,43?/m1/s1. The number of methoxy groups -OCH3 is 1. The number of ether oxygens (including phenoxy) is 4. The number of carbonyl (C=O) groups is 2. The van der Waals surface area contributed by atoms with E-state index in [-0.39, 0.29) is 42.3 Å². The number of hydrogen-bond acceptors (Lipinski definition) is 9. The maximum atomic E-state index is 13.6. The molecule has 0 bridgehead atoms. The number of nitrogens with zero attached hydrogens (tertiary/aromatic N) is 3. The first-order valence-electron chi connectivity index (χ1n) is 19.3. The van der Waals surface area contributed by atoms with Crippen LogP contribution < -0.4 is 15.1 Å². The minimum atomic E-state index is -3.10. The highest BCUT2D eigenvalue weighted by Crippen LogP contribution is 2.41. The first-order chi connectivity index (χ1) is 27.2. The molecule has 0 aromatic heterocycles. The van der Waals surface area contributed by atoms with Gasteiger partial charge in [-0.3, -0.25) is 4.79 Å². The molecule has 1 heterocycles. The number of thioether (sulfide) groups is 1. The third-order valence-corrected chi connectivity index (χ3v) is 16.3. The van der Waals surface area contributed by atoms with Crippen molar-refractivity contribution >= 4 is 42.2 Å². The van der Waals surface area contributed by atoms with Crippen molar-refractivity contribution in [1.82, 2.24) is 0 Å². The Balaban J connectivity index is 1.62. The number of Topliss-reactive ketones (excluding diaryl/α,β-unsaturated/α-hetero) is 1. The molecule has 5 rings (SSSR count). The van der Waals surface area contributed by atoms with Gasteiger partial charge in [-0.1, -0.05) is 143 Å². The zero-order chi connectivity index (χ0) is 41.2. The summed E-state index contributed by atoms with van der Waals surface area (Å²) in [6, 6.07) is 35.3. The van der Waals surface area contributed by atoms with E-state index in [4.69, 9.17) is 23.4 Å². The van der Waals surface area contributed by atoms with Crippen LogP contribution in [0.15, 0.2) is 119 Å². The Morgan fingerprint density at radius 2 is 1.47 bits per heavy atom. The van der Waals surface area contributed by atoms with Crippen LogP contribution >= 0.6 is 11.8 Å². The highest BCUT2D eigenvalue weighted by Gasteiger charge is 2.54. The van der Waals surface area contributed by atoms with Crippen LogP contribution in [0, 0.1) is 0 Å². The molecule has 4 aromatic carbocycles. The van der Waals surface area contributed by atoms with Crippen molar-refractivity contribution in [1.29, 1.82) is 0 Å². The van der Waals surface area contributed by atoms with Crippen LogP contribution in [0.1, 0.15) is 72.4 Å². The van der Waals surface area contributed by atoms with Crippen LogP contribution in [0.4, 0.5) is 0 Å². The van der Waals surface area contributed by atoms with Crippen LogP contribution in [0.25, 0.3) is 10.4 Å². The van der Waals surface area contributed by atoms with Gasteiger partial charge in [0.05, 0.1) is 26.7 Å². The van der Waals surface area contributed by atoms with Crippen LogP contribution in [0.3, 0.4) is 0 Å². The third-order valence-electron chi connectivity index (χ3n) is 10.2. The van der Waals surface area contributed by atoms with Crippen molar-refractivity contribution in [2.75, 3.05) is 13.7 Å². The lowest BCUT2D eigenvalue weighted by molar-refractivity contribution is -0.206. The molecule has 302 valence electrons. The monoisotopic (exact) mass is 809 g/mol. The summed E-state index contributed by atoms with van der Waals surface area (Å²) in [5.41, 5.74) is 11.1. The van der Waals surface area contributed by atoms with Gasteiger partial charge >= 0.3 is 5.97 Å². The molecule has 10 nitrogen and oxygen atoms in total. The topological polar surface area (TPSA) is 129 Å². The van der Waals surface area contributed by atoms with Crippen LogP contribution in [0.5, 0.6) is 5.75 Å². The lowest BCUT2D eigenvalue weighted by Gasteiger charge is -2.47. The fourth-order valence-corrected chi connectivity index (χ4v) is 12.9. The molecule has 1 fully saturated rings. The number of ketones is 1. The Morgan fingerprint density at radius 3 is 2.02 bits per heavy atom. The van der Waals surface area contributed by atoms with Crippen molar-refractivity contribution < 1.29 is 33.0 Å². The summed E-state index contributed by atoms with van der Waals surface area (Å²) >= 11 is 1.43. The predicted molar refractivity (Wildman–Crippen MR) is 228 cm³/mol. The summed E-state index contributed by atoms with van der Waals surface area (Å²) in [5, 5.41) is 6.09. The SMILES string of the molecule is COc1ccc(CO[C@H]2[C@H](OC(=O)CCC(C)=O)[C@@H](CO[Si](c3ccccc3)(c3ccccc3)C(C)(C)C)OC(Sc3cccc(C(C)(C)C)c3)[C@@H]2N=[N+]=[N-])cc1. The van der Waals surface area contributed by atoms with Gasteiger partial charge in [0.1, 0.15) is 35.2 Å². The van der Waals surface area contributed by atoms with E-state index < -0.39 is 44.1 Å². The van der Waals surface area contributed by atoms with Gasteiger partial charge in [-0.15, -0.1) is 0 Å². The van der Waals surface area contributed by atoms with Gasteiger partial charge in [0, 0.05) is 16.2 Å². The lowest BCUT2D eigenvalue weighted by atomic mass is 9.87. The van der Waals surface area contributed by atoms with E-state index in [2.05, 4.69) is 88.0 Å². The number of hydrogen-bond donors (Lipinski definition) is 0. The molecule has 0 amide bonds. The molecule has 4 aromatic rings. The predicted octanol–water partition coefficient (Wildman–Crippen LogP) is 8.93. The minimum Gasteiger partial charge on any atom is -0.497 e. The van der Waals surface area contributed by atoms with Gasteiger partial charge in [0.25, 0.3) is 8.32 Å². The molecule has 1 aliphatic heterocycles. The summed E-state index contributed by atoms with van der Waals surface area (Å²) < 4.78 is 32.7. The van der Waals surface area contributed by atoms with E-state index in [1.807, 2.05) is 72.8 Å². The van der Waals surface area contributed by atoms with E-state index in [0.29, 0.717) is 5.75 Å². The number of benzene rings is 4. The van der Waals surface area contributed by atoms with E-state index >= 15 is 0 Å². The minimum absolute atomic E-state index is 0.0232. The van der Waals surface area contributed by atoms with Crippen molar-refractivity contribution in [3.8, 4) is 5.75 Å². The molecule has 1 saturated heterocycles. The highest BCUT2D eigenvalue weighted by molar-refractivity contribution is 7.99. The Labute approximate surface area is 342 Å². The van der Waals surface area contributed by atoms with Gasteiger partial charge in [-0.05, 0) is 68.7 Å². The van der Waals surface area contributed by atoms with E-state index in [1.54, 1.807) is 7.11 Å². The second kappa shape index (κ2) is 19.3. The number of rotatable bonds is 16. The Kier molecular flexibility index (Phi) is 14.8. The van der Waals surface area contributed by atoms with Crippen molar-refractivity contribution in [3.63, 3.8) is 0 Å². The van der Waals surface area contributed by atoms with Crippen LogP contribution in [-0.4, -0.2) is 63.6 Å². The summed E-state index contributed by atoms with van der Waals surface area (Å²) in [5.74, 6) is -0.0221. The molecule has 0 radical (unpaired) electrons. The maximum absolute atomic E-state index is 13.6. The summed E-state index contributed by atoms with van der Waals surface area (Å²) in [4.78, 5) is 29.7. The van der Waals surface area contributed by atoms with Crippen LogP contribution in [-0.2, 0) is 40.2 Å². The first kappa shape index (κ1) is 43.7. The fourth-order valence-electron chi connectivity index (χ4n) is 7.18. The number of esters is 1. The zero-order valence-corrected chi connectivity index (χ0v) is 36.0. The van der Waals surface area contributed by atoms with Gasteiger partial charge in [0.2, 0.25) is 0 Å². The largest absolute Gasteiger partial charge is 0.497 e. The Hall–Kier alpha value is -4.42. The number of carbonyl (C=O) groups excluding carboxylic acids is 2. The lowest BCUT2D eigenvalue weighted by Crippen LogP contribution is -2.68. The normalized spacial score (nSPS) is 20.0. The summed E-state index contributed by atoms with van der Waals surface area (Å²) in [7, 11) is -1.49. The highest BCUT2D eigenvalue weighted by atomic mass is 32.2. The summed E-state index contributed by atoms with van der Waals surface area (Å²) in [6.07, 6.45) is -2.97. The van der Waals surface area contributed by atoms with E-state index in [0.717, 1.165) is 26.4 Å². The molecule has 57 heavy (non-hydrogen) atoms. The maximum Gasteiger partial charge on any atom is 0.306 e. The van der Waals surface area contributed by atoms with Gasteiger partial charge in [-0.25, -0.2) is 0 Å². The quantitative estimate of drug-likeness (QED) is 0.0361. The van der Waals surface area contributed by atoms with Crippen LogP contribution in [0.2, 0.25) is 5.04 Å². The molecule has 1 unspecified atom stereocenters. The van der Waals surface area contributed by atoms with Gasteiger partial charge in [-0.2, -0.15) is 0 Å². The molecule has 0 aliphatic carbocycles. The second-order valence-electron chi connectivity index (χ2n) is 16.4. The Morgan fingerprint density at radius 1 is 0.842 bits per heavy atom. The third kappa shape index (κ3) is 11.0. The molecular formula is C45H55N3O7SSi. The van der Waals surface area contributed by atoms with Crippen molar-refractivity contribution in [2.45, 2.75) is 113 Å². The molecule has 0 saturated carbocycles. The van der Waals surface area contributed by atoms with E-state index in [1.165, 1.54) is 18.7 Å². The smallest absolute Gasteiger partial charge is 0.306 e. The molecule has 0 spiro atoms. The van der Waals surface area contributed by atoms with Gasteiger partial charge < -0.3 is 28.2 Å².